The maximum Gasteiger partial charge on any atom is 0.347 e. The molecule has 0 saturated carbocycles. The van der Waals surface area contributed by atoms with E-state index in [2.05, 4.69) is 6.92 Å². The Kier molecular flexibility index (Phi) is 8.76. The van der Waals surface area contributed by atoms with E-state index >= 15 is 0 Å². The highest BCUT2D eigenvalue weighted by atomic mass is 16.5. The van der Waals surface area contributed by atoms with Crippen LogP contribution in [0.4, 0.5) is 0 Å². The first kappa shape index (κ1) is 19.9. The molecule has 0 aromatic heterocycles. The van der Waals surface area contributed by atoms with Gasteiger partial charge in [0.2, 0.25) is 5.75 Å². The van der Waals surface area contributed by atoms with Crippen LogP contribution in [0.2, 0.25) is 0 Å². The van der Waals surface area contributed by atoms with Gasteiger partial charge in [0, 0.05) is 0 Å². The third kappa shape index (κ3) is 5.48. The Hall–Kier alpha value is -2.17. The van der Waals surface area contributed by atoms with E-state index in [9.17, 15) is 4.79 Å². The van der Waals surface area contributed by atoms with Crippen LogP contribution in [0.25, 0.3) is 0 Å². The Labute approximate surface area is 144 Å². The summed E-state index contributed by atoms with van der Waals surface area (Å²) >= 11 is 0. The molecule has 1 aromatic rings. The molecule has 0 aliphatic heterocycles. The molecule has 1 aromatic carbocycles. The zero-order valence-corrected chi connectivity index (χ0v) is 15.3. The lowest BCUT2D eigenvalue weighted by molar-refractivity contribution is 0.0620. The number of esters is 1. The summed E-state index contributed by atoms with van der Waals surface area (Å²) in [6, 6.07) is 3.26. The first-order chi connectivity index (χ1) is 11.6. The maximum atomic E-state index is 12.4. The highest BCUT2D eigenvalue weighted by Gasteiger charge is 2.22. The molecular formula is C19H28O5. The van der Waals surface area contributed by atoms with Crippen molar-refractivity contribution >= 4 is 5.97 Å². The molecule has 0 radical (unpaired) electrons. The molecule has 0 bridgehead atoms. The number of hydrogen-bond donors (Lipinski definition) is 0. The van der Waals surface area contributed by atoms with Gasteiger partial charge in [-0.05, 0) is 38.0 Å². The van der Waals surface area contributed by atoms with Crippen LogP contribution in [0.1, 0.15) is 56.3 Å². The number of rotatable bonds is 10. The molecule has 0 heterocycles. The minimum absolute atomic E-state index is 0.300. The fraction of sp³-hybridized carbons (Fsp3) is 0.526. The number of allylic oxidation sites excluding steroid dienone is 2. The van der Waals surface area contributed by atoms with Crippen LogP contribution >= 0.6 is 0 Å². The molecule has 134 valence electrons. The maximum absolute atomic E-state index is 12.4. The number of methoxy groups -OCH3 is 3. The van der Waals surface area contributed by atoms with Gasteiger partial charge < -0.3 is 18.9 Å². The van der Waals surface area contributed by atoms with Crippen molar-refractivity contribution < 1.29 is 23.7 Å². The van der Waals surface area contributed by atoms with Crippen molar-refractivity contribution in [3.8, 4) is 17.2 Å². The summed E-state index contributed by atoms with van der Waals surface area (Å²) in [6.45, 7) is 3.96. The largest absolute Gasteiger partial charge is 0.493 e. The quantitative estimate of drug-likeness (QED) is 0.351. The average Bonchev–Trinajstić information content (AvgIpc) is 2.59. The Morgan fingerprint density at radius 2 is 1.71 bits per heavy atom. The number of unbranched alkanes of at least 4 members (excludes halogenated alkanes) is 4. The molecule has 0 saturated heterocycles. The lowest BCUT2D eigenvalue weighted by atomic mass is 10.1. The fourth-order valence-corrected chi connectivity index (χ4v) is 2.38. The standard InChI is InChI=1S/C19H28O5/c1-6-7-8-9-10-11-14(2)24-19(20)15-12-13-16(21-3)18(23-5)17(15)22-4/h11-13H,6-10H2,1-5H3/b14-11-. The van der Waals surface area contributed by atoms with Gasteiger partial charge in [-0.25, -0.2) is 4.79 Å². The van der Waals surface area contributed by atoms with Crippen molar-refractivity contribution in [2.45, 2.75) is 46.0 Å². The van der Waals surface area contributed by atoms with E-state index in [4.69, 9.17) is 18.9 Å². The van der Waals surface area contributed by atoms with E-state index < -0.39 is 5.97 Å². The van der Waals surface area contributed by atoms with Gasteiger partial charge in [-0.1, -0.05) is 26.2 Å². The van der Waals surface area contributed by atoms with E-state index in [-0.39, 0.29) is 0 Å². The van der Waals surface area contributed by atoms with Crippen LogP contribution in [0.15, 0.2) is 24.0 Å². The molecule has 0 amide bonds. The third-order valence-corrected chi connectivity index (χ3v) is 3.67. The van der Waals surface area contributed by atoms with Gasteiger partial charge >= 0.3 is 5.97 Å². The molecule has 0 N–H and O–H groups in total. The van der Waals surface area contributed by atoms with Crippen LogP contribution in [0.3, 0.4) is 0 Å². The molecule has 0 aliphatic carbocycles. The zero-order valence-electron chi connectivity index (χ0n) is 15.3. The molecule has 24 heavy (non-hydrogen) atoms. The summed E-state index contributed by atoms with van der Waals surface area (Å²) < 4.78 is 21.2. The van der Waals surface area contributed by atoms with Crippen molar-refractivity contribution in [2.75, 3.05) is 21.3 Å². The molecular weight excluding hydrogens is 308 g/mol. The Morgan fingerprint density at radius 3 is 2.29 bits per heavy atom. The smallest absolute Gasteiger partial charge is 0.347 e. The van der Waals surface area contributed by atoms with Crippen LogP contribution in [-0.2, 0) is 4.74 Å². The summed E-state index contributed by atoms with van der Waals surface area (Å²) in [5.74, 6) is 1.28. The molecule has 1 rings (SSSR count). The number of carbonyl (C=O) groups is 1. The second-order valence-corrected chi connectivity index (χ2v) is 5.44. The van der Waals surface area contributed by atoms with Crippen LogP contribution in [0, 0.1) is 0 Å². The van der Waals surface area contributed by atoms with Gasteiger partial charge in [-0.15, -0.1) is 0 Å². The van der Waals surface area contributed by atoms with Crippen molar-refractivity contribution in [3.05, 3.63) is 29.5 Å². The first-order valence-electron chi connectivity index (χ1n) is 8.26. The second kappa shape index (κ2) is 10.6. The summed E-state index contributed by atoms with van der Waals surface area (Å²) in [4.78, 5) is 12.4. The number of benzene rings is 1. The number of carbonyl (C=O) groups excluding carboxylic acids is 1. The van der Waals surface area contributed by atoms with Gasteiger partial charge in [-0.3, -0.25) is 0 Å². The second-order valence-electron chi connectivity index (χ2n) is 5.44. The number of ether oxygens (including phenoxy) is 4. The van der Waals surface area contributed by atoms with Gasteiger partial charge in [0.15, 0.2) is 11.5 Å². The van der Waals surface area contributed by atoms with E-state index in [1.165, 1.54) is 40.6 Å². The van der Waals surface area contributed by atoms with E-state index in [1.54, 1.807) is 19.1 Å². The molecule has 5 heteroatoms. The minimum atomic E-state index is -0.477. The van der Waals surface area contributed by atoms with Gasteiger partial charge in [0.1, 0.15) is 11.3 Å². The van der Waals surface area contributed by atoms with E-state index in [1.807, 2.05) is 6.08 Å². The predicted octanol–water partition coefficient (Wildman–Crippen LogP) is 4.74. The van der Waals surface area contributed by atoms with Crippen molar-refractivity contribution in [2.24, 2.45) is 0 Å². The molecule has 0 atom stereocenters. The topological polar surface area (TPSA) is 54.0 Å². The summed E-state index contributed by atoms with van der Waals surface area (Å²) in [6.07, 6.45) is 7.58. The molecule has 0 aliphatic rings. The Bertz CT molecular complexity index is 563. The zero-order chi connectivity index (χ0) is 17.9. The average molecular weight is 336 g/mol. The lowest BCUT2D eigenvalue weighted by Gasteiger charge is -2.15. The van der Waals surface area contributed by atoms with E-state index in [0.29, 0.717) is 28.6 Å². The minimum Gasteiger partial charge on any atom is -0.493 e. The predicted molar refractivity (Wildman–Crippen MR) is 94.0 cm³/mol. The molecule has 0 fully saturated rings. The summed E-state index contributed by atoms with van der Waals surface area (Å²) in [7, 11) is 4.50. The Balaban J connectivity index is 2.82. The summed E-state index contributed by atoms with van der Waals surface area (Å²) in [5.41, 5.74) is 0.300. The SMILES string of the molecule is CCCCCC/C=C(/C)OC(=O)c1ccc(OC)c(OC)c1OC. The van der Waals surface area contributed by atoms with E-state index in [0.717, 1.165) is 12.8 Å². The highest BCUT2D eigenvalue weighted by molar-refractivity contribution is 5.94. The molecule has 0 unspecified atom stereocenters. The third-order valence-electron chi connectivity index (χ3n) is 3.67. The molecule has 5 nitrogen and oxygen atoms in total. The molecule has 0 spiro atoms. The normalized spacial score (nSPS) is 11.1. The van der Waals surface area contributed by atoms with Gasteiger partial charge in [0.25, 0.3) is 0 Å². The fourth-order valence-electron chi connectivity index (χ4n) is 2.38. The monoisotopic (exact) mass is 336 g/mol. The van der Waals surface area contributed by atoms with Crippen LogP contribution in [0.5, 0.6) is 17.2 Å². The van der Waals surface area contributed by atoms with Crippen LogP contribution in [-0.4, -0.2) is 27.3 Å². The Morgan fingerprint density at radius 1 is 1.00 bits per heavy atom. The van der Waals surface area contributed by atoms with Crippen molar-refractivity contribution in [1.82, 2.24) is 0 Å². The first-order valence-corrected chi connectivity index (χ1v) is 8.26. The summed E-state index contributed by atoms with van der Waals surface area (Å²) in [5, 5.41) is 0. The highest BCUT2D eigenvalue weighted by Crippen LogP contribution is 2.40. The van der Waals surface area contributed by atoms with Gasteiger partial charge in [0.05, 0.1) is 21.3 Å². The van der Waals surface area contributed by atoms with Crippen LogP contribution < -0.4 is 14.2 Å². The number of hydrogen-bond acceptors (Lipinski definition) is 5. The lowest BCUT2D eigenvalue weighted by Crippen LogP contribution is -2.07. The van der Waals surface area contributed by atoms with Crippen molar-refractivity contribution in [1.29, 1.82) is 0 Å². The van der Waals surface area contributed by atoms with Gasteiger partial charge in [-0.2, -0.15) is 0 Å². The van der Waals surface area contributed by atoms with Crippen molar-refractivity contribution in [3.63, 3.8) is 0 Å².